The van der Waals surface area contributed by atoms with Gasteiger partial charge in [0.1, 0.15) is 0 Å². The van der Waals surface area contributed by atoms with Crippen LogP contribution in [0.3, 0.4) is 0 Å². The fraction of sp³-hybridized carbons (Fsp3) is 0.522. The molecule has 4 rings (SSSR count). The number of rotatable bonds is 6. The predicted octanol–water partition coefficient (Wildman–Crippen LogP) is 3.27. The Labute approximate surface area is 181 Å². The molecule has 160 valence electrons. The van der Waals surface area contributed by atoms with Gasteiger partial charge in [0.25, 0.3) is 0 Å². The predicted molar refractivity (Wildman–Crippen MR) is 116 cm³/mol. The fourth-order valence-electron chi connectivity index (χ4n) is 4.36. The monoisotopic (exact) mass is 427 g/mol. The van der Waals surface area contributed by atoms with Crippen LogP contribution < -0.4 is 0 Å². The van der Waals surface area contributed by atoms with E-state index < -0.39 is 0 Å². The highest BCUT2D eigenvalue weighted by Gasteiger charge is 2.34. The maximum atomic E-state index is 13.1. The van der Waals surface area contributed by atoms with Crippen LogP contribution in [-0.4, -0.2) is 58.4 Å². The molecule has 1 atom stereocenters. The molecule has 1 saturated carbocycles. The number of nitrogens with zero attached hydrogens (tertiary/aromatic N) is 3. The first kappa shape index (κ1) is 21.0. The zero-order chi connectivity index (χ0) is 20.8. The molecule has 2 aromatic rings. The van der Waals surface area contributed by atoms with Crippen molar-refractivity contribution in [3.63, 3.8) is 0 Å². The highest BCUT2D eigenvalue weighted by Crippen LogP contribution is 2.25. The Morgan fingerprint density at radius 3 is 2.67 bits per heavy atom. The number of hydrogen-bond donors (Lipinski definition) is 0. The Morgan fingerprint density at radius 2 is 1.93 bits per heavy atom. The van der Waals surface area contributed by atoms with Gasteiger partial charge in [-0.25, -0.2) is 4.98 Å². The molecule has 0 N–H and O–H groups in total. The van der Waals surface area contributed by atoms with Crippen LogP contribution in [0.5, 0.6) is 0 Å². The van der Waals surface area contributed by atoms with Gasteiger partial charge in [-0.3, -0.25) is 9.59 Å². The number of thiazole rings is 1. The summed E-state index contributed by atoms with van der Waals surface area (Å²) in [6, 6.07) is 10.3. The van der Waals surface area contributed by atoms with Gasteiger partial charge in [-0.05, 0) is 18.4 Å². The third kappa shape index (κ3) is 5.46. The molecule has 6 nitrogen and oxygen atoms in total. The van der Waals surface area contributed by atoms with Crippen LogP contribution in [0.25, 0.3) is 0 Å². The second kappa shape index (κ2) is 10.2. The Morgan fingerprint density at radius 1 is 1.13 bits per heavy atom. The average molecular weight is 428 g/mol. The molecule has 2 amide bonds. The molecule has 1 saturated heterocycles. The number of benzene rings is 1. The van der Waals surface area contributed by atoms with Crippen LogP contribution in [0.1, 0.15) is 43.4 Å². The van der Waals surface area contributed by atoms with Crippen molar-refractivity contribution in [3.05, 3.63) is 52.5 Å². The smallest absolute Gasteiger partial charge is 0.242 e. The number of carbonyl (C=O) groups excluding carboxylic acids is 2. The van der Waals surface area contributed by atoms with Gasteiger partial charge >= 0.3 is 0 Å². The second-order valence-corrected chi connectivity index (χ2v) is 8.91. The van der Waals surface area contributed by atoms with Gasteiger partial charge < -0.3 is 14.5 Å². The molecule has 0 radical (unpaired) electrons. The lowest BCUT2D eigenvalue weighted by atomic mass is 9.94. The maximum Gasteiger partial charge on any atom is 0.242 e. The molecular formula is C23H29N3O3S. The number of amides is 2. The van der Waals surface area contributed by atoms with Gasteiger partial charge in [-0.15, -0.1) is 11.3 Å². The van der Waals surface area contributed by atoms with Crippen LogP contribution in [0.2, 0.25) is 0 Å². The normalized spacial score (nSPS) is 20.9. The van der Waals surface area contributed by atoms with E-state index >= 15 is 0 Å². The fourth-order valence-corrected chi connectivity index (χ4v) is 4.92. The molecule has 30 heavy (non-hydrogen) atoms. The van der Waals surface area contributed by atoms with Crippen molar-refractivity contribution in [2.24, 2.45) is 0 Å². The number of ether oxygens (including phenoxy) is 1. The number of hydrogen-bond acceptors (Lipinski definition) is 5. The number of carbonyl (C=O) groups is 2. The van der Waals surface area contributed by atoms with Crippen LogP contribution in [0.4, 0.5) is 0 Å². The van der Waals surface area contributed by atoms with E-state index in [4.69, 9.17) is 4.74 Å². The first-order chi connectivity index (χ1) is 14.7. The Kier molecular flexibility index (Phi) is 7.12. The van der Waals surface area contributed by atoms with Gasteiger partial charge in [0.05, 0.1) is 36.9 Å². The van der Waals surface area contributed by atoms with E-state index in [1.165, 1.54) is 17.8 Å². The van der Waals surface area contributed by atoms with Crippen molar-refractivity contribution < 1.29 is 14.3 Å². The van der Waals surface area contributed by atoms with Crippen LogP contribution in [0.15, 0.2) is 41.2 Å². The second-order valence-electron chi connectivity index (χ2n) is 8.19. The third-order valence-electron chi connectivity index (χ3n) is 5.98. The standard InChI is InChI=1S/C23H29N3O3S/c27-22(11-19-16-30-17-24-19)25-12-21(29-15-18-7-3-1-4-8-18)13-26(23(28)14-25)20-9-5-2-6-10-20/h1,3-4,7-8,16-17,20-21H,2,5-6,9-15H2/t21-/m1/s1. The van der Waals surface area contributed by atoms with E-state index in [1.54, 1.807) is 10.4 Å². The quantitative estimate of drug-likeness (QED) is 0.710. The van der Waals surface area contributed by atoms with E-state index in [0.29, 0.717) is 19.7 Å². The van der Waals surface area contributed by atoms with Gasteiger partial charge in [0, 0.05) is 24.5 Å². The van der Waals surface area contributed by atoms with Crippen molar-refractivity contribution in [2.75, 3.05) is 19.6 Å². The topological polar surface area (TPSA) is 62.7 Å². The highest BCUT2D eigenvalue weighted by molar-refractivity contribution is 7.07. The van der Waals surface area contributed by atoms with E-state index in [-0.39, 0.29) is 36.9 Å². The molecule has 1 aromatic heterocycles. The molecule has 1 aliphatic heterocycles. The SMILES string of the molecule is O=C(Cc1cscn1)N1CC(=O)N(C2CCCCC2)C[C@H](OCc2ccccc2)C1. The minimum Gasteiger partial charge on any atom is -0.370 e. The largest absolute Gasteiger partial charge is 0.370 e. The molecule has 1 aromatic carbocycles. The maximum absolute atomic E-state index is 13.1. The summed E-state index contributed by atoms with van der Waals surface area (Å²) in [5, 5.41) is 1.88. The third-order valence-corrected chi connectivity index (χ3v) is 6.62. The highest BCUT2D eigenvalue weighted by atomic mass is 32.1. The van der Waals surface area contributed by atoms with E-state index in [2.05, 4.69) is 4.98 Å². The minimum absolute atomic E-state index is 0.0411. The van der Waals surface area contributed by atoms with Crippen LogP contribution in [-0.2, 0) is 27.4 Å². The van der Waals surface area contributed by atoms with Gasteiger partial charge in [-0.2, -0.15) is 0 Å². The van der Waals surface area contributed by atoms with E-state index in [1.807, 2.05) is 40.6 Å². The zero-order valence-electron chi connectivity index (χ0n) is 17.2. The van der Waals surface area contributed by atoms with E-state index in [0.717, 1.165) is 36.9 Å². The summed E-state index contributed by atoms with van der Waals surface area (Å²) >= 11 is 1.48. The number of aromatic nitrogens is 1. The molecule has 0 bridgehead atoms. The van der Waals surface area contributed by atoms with Crippen molar-refractivity contribution in [2.45, 2.75) is 57.3 Å². The molecule has 0 spiro atoms. The molecule has 0 unspecified atom stereocenters. The first-order valence-electron chi connectivity index (χ1n) is 10.8. The summed E-state index contributed by atoms with van der Waals surface area (Å²) in [7, 11) is 0. The van der Waals surface area contributed by atoms with Crippen LogP contribution in [0, 0.1) is 0 Å². The van der Waals surface area contributed by atoms with Gasteiger partial charge in [0.15, 0.2) is 0 Å². The average Bonchev–Trinajstić information content (AvgIpc) is 3.22. The Balaban J connectivity index is 1.47. The lowest BCUT2D eigenvalue weighted by molar-refractivity contribution is -0.139. The molecule has 7 heteroatoms. The summed E-state index contributed by atoms with van der Waals surface area (Å²) in [4.78, 5) is 33.9. The Hall–Kier alpha value is -2.25. The molecular weight excluding hydrogens is 398 g/mol. The van der Waals surface area contributed by atoms with Gasteiger partial charge in [-0.1, -0.05) is 49.6 Å². The summed E-state index contributed by atoms with van der Waals surface area (Å²) in [5.41, 5.74) is 3.58. The summed E-state index contributed by atoms with van der Waals surface area (Å²) in [5.74, 6) is -0.0209. The van der Waals surface area contributed by atoms with Gasteiger partial charge in [0.2, 0.25) is 11.8 Å². The van der Waals surface area contributed by atoms with Crippen LogP contribution >= 0.6 is 11.3 Å². The Bertz CT molecular complexity index is 821. The lowest BCUT2D eigenvalue weighted by Crippen LogP contribution is -2.46. The molecule has 2 aliphatic rings. The van der Waals surface area contributed by atoms with E-state index in [9.17, 15) is 9.59 Å². The van der Waals surface area contributed by atoms with Crippen molar-refractivity contribution in [1.82, 2.24) is 14.8 Å². The zero-order valence-corrected chi connectivity index (χ0v) is 18.1. The summed E-state index contributed by atoms with van der Waals surface area (Å²) < 4.78 is 6.23. The molecule has 2 fully saturated rings. The first-order valence-corrected chi connectivity index (χ1v) is 11.7. The van der Waals surface area contributed by atoms with Crippen molar-refractivity contribution >= 4 is 23.2 Å². The summed E-state index contributed by atoms with van der Waals surface area (Å²) in [6.45, 7) is 1.60. The molecule has 1 aliphatic carbocycles. The van der Waals surface area contributed by atoms with Crippen molar-refractivity contribution in [3.8, 4) is 0 Å². The molecule has 2 heterocycles. The summed E-state index contributed by atoms with van der Waals surface area (Å²) in [6.07, 6.45) is 5.69. The minimum atomic E-state index is -0.196. The lowest BCUT2D eigenvalue weighted by Gasteiger charge is -2.34. The van der Waals surface area contributed by atoms with Crippen molar-refractivity contribution in [1.29, 1.82) is 0 Å².